The van der Waals surface area contributed by atoms with Gasteiger partial charge in [0.2, 0.25) is 0 Å². The molecule has 0 radical (unpaired) electrons. The minimum absolute atomic E-state index is 0.0567. The SMILES string of the molecule is COc1cccc2c(C(=O)NC3C(C)(C)[C@@H]4CC[C@@]3(C)C4)c(C)n(CCN(C)C)c12. The standard InChI is InChI=1S/C25H37N3O2/c1-16-20(22(29)26-23-24(2,3)17-11-12-25(23,4)15-17)18-9-8-10-19(30-7)21(18)28(16)14-13-27(5)6/h8-10,17,23H,11-15H2,1-7H3,(H,26,29)/t17-,23?,25+/m1/s1. The number of nitrogens with one attached hydrogen (secondary N) is 1. The molecule has 1 heterocycles. The van der Waals surface area contributed by atoms with E-state index in [-0.39, 0.29) is 22.8 Å². The van der Waals surface area contributed by atoms with E-state index in [0.29, 0.717) is 5.92 Å². The lowest BCUT2D eigenvalue weighted by Gasteiger charge is -2.43. The second kappa shape index (κ2) is 7.30. The minimum atomic E-state index is 0.0567. The fraction of sp³-hybridized carbons (Fsp3) is 0.640. The number of ether oxygens (including phenoxy) is 1. The third-order valence-corrected chi connectivity index (χ3v) is 8.07. The first-order valence-electron chi connectivity index (χ1n) is 11.2. The monoisotopic (exact) mass is 411 g/mol. The first-order valence-corrected chi connectivity index (χ1v) is 11.2. The average molecular weight is 412 g/mol. The number of aromatic nitrogens is 1. The number of benzene rings is 1. The molecule has 1 aromatic heterocycles. The zero-order valence-electron chi connectivity index (χ0n) is 19.6. The van der Waals surface area contributed by atoms with Gasteiger partial charge in [0.25, 0.3) is 5.91 Å². The smallest absolute Gasteiger partial charge is 0.253 e. The van der Waals surface area contributed by atoms with Crippen molar-refractivity contribution in [2.45, 2.75) is 59.5 Å². The van der Waals surface area contributed by atoms with Crippen molar-refractivity contribution in [3.05, 3.63) is 29.5 Å². The second-order valence-corrected chi connectivity index (χ2v) is 10.6. The van der Waals surface area contributed by atoms with E-state index in [1.54, 1.807) is 7.11 Å². The van der Waals surface area contributed by atoms with Gasteiger partial charge in [0, 0.05) is 30.2 Å². The van der Waals surface area contributed by atoms with Gasteiger partial charge in [-0.3, -0.25) is 4.79 Å². The lowest BCUT2D eigenvalue weighted by molar-refractivity contribution is 0.0738. The average Bonchev–Trinajstić information content (AvgIpc) is 3.27. The van der Waals surface area contributed by atoms with Crippen molar-refractivity contribution >= 4 is 16.8 Å². The molecule has 1 N–H and O–H groups in total. The molecule has 2 aliphatic rings. The molecule has 1 amide bonds. The van der Waals surface area contributed by atoms with E-state index in [4.69, 9.17) is 4.74 Å². The van der Waals surface area contributed by atoms with Gasteiger partial charge in [0.1, 0.15) is 5.75 Å². The van der Waals surface area contributed by atoms with E-state index in [1.165, 1.54) is 19.3 Å². The summed E-state index contributed by atoms with van der Waals surface area (Å²) in [4.78, 5) is 15.9. The molecule has 2 fully saturated rings. The Morgan fingerprint density at radius 1 is 1.30 bits per heavy atom. The Kier molecular flexibility index (Phi) is 5.16. The van der Waals surface area contributed by atoms with Crippen LogP contribution >= 0.6 is 0 Å². The lowest BCUT2D eigenvalue weighted by atomic mass is 9.68. The molecule has 2 bridgehead atoms. The number of hydrogen-bond acceptors (Lipinski definition) is 3. The van der Waals surface area contributed by atoms with E-state index < -0.39 is 0 Å². The number of likely N-dealkylation sites (N-methyl/N-ethyl adjacent to an activating group) is 1. The number of para-hydroxylation sites is 1. The van der Waals surface area contributed by atoms with Gasteiger partial charge in [-0.1, -0.05) is 32.9 Å². The van der Waals surface area contributed by atoms with E-state index in [9.17, 15) is 4.79 Å². The fourth-order valence-electron chi connectivity index (χ4n) is 6.40. The van der Waals surface area contributed by atoms with Crippen LogP contribution in [0.4, 0.5) is 0 Å². The van der Waals surface area contributed by atoms with Gasteiger partial charge in [-0.2, -0.15) is 0 Å². The van der Waals surface area contributed by atoms with Crippen molar-refractivity contribution in [3.8, 4) is 5.75 Å². The van der Waals surface area contributed by atoms with E-state index in [0.717, 1.165) is 41.0 Å². The summed E-state index contributed by atoms with van der Waals surface area (Å²) in [6.07, 6.45) is 3.72. The maximum absolute atomic E-state index is 13.7. The number of fused-ring (bicyclic) bond motifs is 3. The second-order valence-electron chi connectivity index (χ2n) is 10.6. The van der Waals surface area contributed by atoms with Crippen molar-refractivity contribution < 1.29 is 9.53 Å². The molecule has 2 aliphatic carbocycles. The Bertz CT molecular complexity index is 970. The topological polar surface area (TPSA) is 46.5 Å². The van der Waals surface area contributed by atoms with Crippen molar-refractivity contribution in [1.29, 1.82) is 0 Å². The van der Waals surface area contributed by atoms with Crippen molar-refractivity contribution in [2.24, 2.45) is 16.7 Å². The third-order valence-electron chi connectivity index (χ3n) is 8.07. The Balaban J connectivity index is 1.75. The molecule has 4 rings (SSSR count). The zero-order chi connectivity index (χ0) is 21.8. The molecule has 0 spiro atoms. The molecule has 1 unspecified atom stereocenters. The Morgan fingerprint density at radius 2 is 2.03 bits per heavy atom. The summed E-state index contributed by atoms with van der Waals surface area (Å²) in [5, 5.41) is 4.48. The van der Waals surface area contributed by atoms with Gasteiger partial charge in [-0.25, -0.2) is 0 Å². The molecule has 3 atom stereocenters. The summed E-state index contributed by atoms with van der Waals surface area (Å²) in [6, 6.07) is 6.23. The maximum Gasteiger partial charge on any atom is 0.253 e. The molecular weight excluding hydrogens is 374 g/mol. The van der Waals surface area contributed by atoms with Crippen LogP contribution in [0.25, 0.3) is 10.9 Å². The molecule has 0 aliphatic heterocycles. The molecule has 5 heteroatoms. The van der Waals surface area contributed by atoms with Gasteiger partial charge in [0.05, 0.1) is 18.2 Å². The summed E-state index contributed by atoms with van der Waals surface area (Å²) in [5.74, 6) is 1.58. The summed E-state index contributed by atoms with van der Waals surface area (Å²) in [6.45, 7) is 10.8. The maximum atomic E-state index is 13.7. The molecule has 164 valence electrons. The van der Waals surface area contributed by atoms with E-state index >= 15 is 0 Å². The van der Waals surface area contributed by atoms with Gasteiger partial charge >= 0.3 is 0 Å². The Labute approximate surface area is 180 Å². The minimum Gasteiger partial charge on any atom is -0.495 e. The van der Waals surface area contributed by atoms with E-state index in [2.05, 4.69) is 62.6 Å². The fourth-order valence-corrected chi connectivity index (χ4v) is 6.40. The third kappa shape index (κ3) is 3.13. The quantitative estimate of drug-likeness (QED) is 0.763. The van der Waals surface area contributed by atoms with Crippen LogP contribution in [0.5, 0.6) is 5.75 Å². The normalized spacial score (nSPS) is 27.2. The molecule has 1 aromatic carbocycles. The molecular formula is C25H37N3O2. The molecule has 2 saturated carbocycles. The van der Waals surface area contributed by atoms with E-state index in [1.807, 2.05) is 12.1 Å². The van der Waals surface area contributed by atoms with Crippen LogP contribution in [0, 0.1) is 23.7 Å². The lowest BCUT2D eigenvalue weighted by Crippen LogP contribution is -2.52. The van der Waals surface area contributed by atoms with Gasteiger partial charge in [-0.15, -0.1) is 0 Å². The number of nitrogens with zero attached hydrogens (tertiary/aromatic N) is 2. The highest BCUT2D eigenvalue weighted by molar-refractivity contribution is 6.09. The zero-order valence-corrected chi connectivity index (χ0v) is 19.6. The van der Waals surface area contributed by atoms with Crippen LogP contribution < -0.4 is 10.1 Å². The number of amides is 1. The molecule has 30 heavy (non-hydrogen) atoms. The van der Waals surface area contributed by atoms with Crippen molar-refractivity contribution in [1.82, 2.24) is 14.8 Å². The number of carbonyl (C=O) groups excluding carboxylic acids is 1. The van der Waals surface area contributed by atoms with Gasteiger partial charge < -0.3 is 19.5 Å². The predicted molar refractivity (Wildman–Crippen MR) is 122 cm³/mol. The van der Waals surface area contributed by atoms with Crippen LogP contribution in [-0.4, -0.2) is 49.2 Å². The van der Waals surface area contributed by atoms with Gasteiger partial charge in [0.15, 0.2) is 0 Å². The van der Waals surface area contributed by atoms with Crippen LogP contribution in [0.1, 0.15) is 56.1 Å². The van der Waals surface area contributed by atoms with Crippen molar-refractivity contribution in [3.63, 3.8) is 0 Å². The Hall–Kier alpha value is -2.01. The largest absolute Gasteiger partial charge is 0.495 e. The summed E-state index contributed by atoms with van der Waals surface area (Å²) < 4.78 is 7.93. The summed E-state index contributed by atoms with van der Waals surface area (Å²) >= 11 is 0. The summed E-state index contributed by atoms with van der Waals surface area (Å²) in [5.41, 5.74) is 3.17. The van der Waals surface area contributed by atoms with Crippen LogP contribution in [0.15, 0.2) is 18.2 Å². The first kappa shape index (κ1) is 21.2. The number of rotatable bonds is 6. The van der Waals surface area contributed by atoms with Crippen molar-refractivity contribution in [2.75, 3.05) is 27.7 Å². The highest BCUT2D eigenvalue weighted by Crippen LogP contribution is 2.62. The van der Waals surface area contributed by atoms with Crippen LogP contribution in [0.3, 0.4) is 0 Å². The molecule has 5 nitrogen and oxygen atoms in total. The number of methoxy groups -OCH3 is 1. The first-order chi connectivity index (χ1) is 14.1. The molecule has 0 saturated heterocycles. The summed E-state index contributed by atoms with van der Waals surface area (Å²) in [7, 11) is 5.85. The van der Waals surface area contributed by atoms with Gasteiger partial charge in [-0.05, 0) is 63.1 Å². The predicted octanol–water partition coefficient (Wildman–Crippen LogP) is 4.46. The molecule has 2 aromatic rings. The van der Waals surface area contributed by atoms with Crippen LogP contribution in [0.2, 0.25) is 0 Å². The number of carbonyl (C=O) groups is 1. The highest BCUT2D eigenvalue weighted by atomic mass is 16.5. The highest BCUT2D eigenvalue weighted by Gasteiger charge is 2.59. The van der Waals surface area contributed by atoms with Crippen LogP contribution in [-0.2, 0) is 6.54 Å². The Morgan fingerprint density at radius 3 is 2.63 bits per heavy atom. The number of hydrogen-bond donors (Lipinski definition) is 1.